The highest BCUT2D eigenvalue weighted by atomic mass is 35.5. The molecule has 5 rings (SSSR count). The van der Waals surface area contributed by atoms with E-state index in [1.165, 1.54) is 12.1 Å². The minimum atomic E-state index is -1.27. The molecule has 38 heavy (non-hydrogen) atoms. The predicted molar refractivity (Wildman–Crippen MR) is 148 cm³/mol. The number of aliphatic hydroxyl groups is 1. The van der Waals surface area contributed by atoms with Gasteiger partial charge in [-0.25, -0.2) is 14.4 Å². The monoisotopic (exact) mass is 533 g/mol. The number of pyridine rings is 1. The number of amides is 1. The lowest BCUT2D eigenvalue weighted by atomic mass is 10.0. The maximum atomic E-state index is 14.8. The third kappa shape index (κ3) is 4.54. The van der Waals surface area contributed by atoms with E-state index in [2.05, 4.69) is 11.5 Å². The molecule has 196 valence electrons. The van der Waals surface area contributed by atoms with Gasteiger partial charge in [-0.3, -0.25) is 9.69 Å². The molecule has 1 amide bonds. The summed E-state index contributed by atoms with van der Waals surface area (Å²) in [7, 11) is 0. The van der Waals surface area contributed by atoms with Crippen LogP contribution in [0.2, 0.25) is 5.02 Å². The molecule has 3 aromatic rings. The number of fused-ring (bicyclic) bond motifs is 1. The van der Waals surface area contributed by atoms with E-state index in [9.17, 15) is 14.3 Å². The highest BCUT2D eigenvalue weighted by Gasteiger charge is 2.37. The summed E-state index contributed by atoms with van der Waals surface area (Å²) in [5.41, 5.74) is 2.94. The number of carbonyl (C=O) groups excluding carboxylic acids is 1. The molecule has 0 bridgehead atoms. The van der Waals surface area contributed by atoms with Gasteiger partial charge in [0.25, 0.3) is 0 Å². The molecule has 2 atom stereocenters. The summed E-state index contributed by atoms with van der Waals surface area (Å²) < 4.78 is 14.8. The van der Waals surface area contributed by atoms with E-state index < -0.39 is 12.2 Å². The van der Waals surface area contributed by atoms with Crippen molar-refractivity contribution < 1.29 is 14.3 Å². The van der Waals surface area contributed by atoms with Gasteiger partial charge in [0.1, 0.15) is 17.5 Å². The summed E-state index contributed by atoms with van der Waals surface area (Å²) in [4.78, 5) is 27.2. The lowest BCUT2D eigenvalue weighted by molar-refractivity contribution is -0.128. The molecule has 2 aromatic carbocycles. The third-order valence-electron chi connectivity index (χ3n) is 7.04. The normalized spacial score (nSPS) is 19.2. The zero-order valence-electron chi connectivity index (χ0n) is 21.3. The highest BCUT2D eigenvalue weighted by Crippen LogP contribution is 2.40. The topological polar surface area (TPSA) is 72.3 Å². The van der Waals surface area contributed by atoms with Crippen LogP contribution in [0, 0.1) is 5.82 Å². The third-order valence-corrected chi connectivity index (χ3v) is 7.33. The van der Waals surface area contributed by atoms with E-state index in [0.717, 1.165) is 17.7 Å². The van der Waals surface area contributed by atoms with Crippen molar-refractivity contribution in [1.82, 2.24) is 14.8 Å². The van der Waals surface area contributed by atoms with Gasteiger partial charge in [0, 0.05) is 31.2 Å². The predicted octanol–water partition coefficient (Wildman–Crippen LogP) is 5.00. The molecule has 1 unspecified atom stereocenters. The van der Waals surface area contributed by atoms with Gasteiger partial charge in [-0.2, -0.15) is 0 Å². The van der Waals surface area contributed by atoms with Crippen molar-refractivity contribution in [2.24, 2.45) is 4.99 Å². The molecule has 1 fully saturated rings. The van der Waals surface area contributed by atoms with Gasteiger partial charge >= 0.3 is 0 Å². The number of para-hydroxylation sites is 1. The molecule has 9 heteroatoms. The Hall–Kier alpha value is -3.75. The summed E-state index contributed by atoms with van der Waals surface area (Å²) in [5.74, 6) is 0.404. The molecule has 0 radical (unpaired) electrons. The average Bonchev–Trinajstić information content (AvgIpc) is 2.92. The van der Waals surface area contributed by atoms with Crippen molar-refractivity contribution in [1.29, 1.82) is 0 Å². The Morgan fingerprint density at radius 2 is 1.92 bits per heavy atom. The summed E-state index contributed by atoms with van der Waals surface area (Å²) in [5, 5.41) is 11.7. The molecule has 2 aliphatic heterocycles. The maximum absolute atomic E-state index is 14.8. The molecule has 0 saturated carbocycles. The lowest BCUT2D eigenvalue weighted by Gasteiger charge is -2.44. The molecule has 1 aromatic heterocycles. The van der Waals surface area contributed by atoms with Crippen LogP contribution in [0.15, 0.2) is 72.2 Å². The minimum absolute atomic E-state index is 0.0917. The number of hydrogen-bond donors (Lipinski definition) is 1. The molecular formula is C29H29ClFN5O2. The van der Waals surface area contributed by atoms with Crippen LogP contribution < -0.4 is 4.90 Å². The maximum Gasteiger partial charge on any atom is 0.246 e. The largest absolute Gasteiger partial charge is 0.355 e. The van der Waals surface area contributed by atoms with Crippen LogP contribution in [-0.2, 0) is 11.2 Å². The quantitative estimate of drug-likeness (QED) is 0.478. The molecule has 3 heterocycles. The van der Waals surface area contributed by atoms with Gasteiger partial charge in [0.2, 0.25) is 12.3 Å². The van der Waals surface area contributed by atoms with Crippen molar-refractivity contribution in [3.8, 4) is 11.3 Å². The number of halogens is 2. The molecule has 1 saturated heterocycles. The molecule has 7 nitrogen and oxygen atoms in total. The second-order valence-corrected chi connectivity index (χ2v) is 9.76. The van der Waals surface area contributed by atoms with Crippen molar-refractivity contribution in [3.63, 3.8) is 0 Å². The summed E-state index contributed by atoms with van der Waals surface area (Å²) in [6.45, 7) is 9.09. The SMILES string of the molecule is C=CC(=O)N1CCN(C2=NC(O)N(c3ccccc3CC)c3nc(-c4ccccc4F)c(Cl)cc32)[C@@H](C)C1. The minimum Gasteiger partial charge on any atom is -0.355 e. The van der Waals surface area contributed by atoms with Gasteiger partial charge in [0.15, 0.2) is 0 Å². The van der Waals surface area contributed by atoms with Gasteiger partial charge in [-0.15, -0.1) is 0 Å². The second-order valence-electron chi connectivity index (χ2n) is 9.35. The fourth-order valence-corrected chi connectivity index (χ4v) is 5.38. The zero-order chi connectivity index (χ0) is 27.0. The summed E-state index contributed by atoms with van der Waals surface area (Å²) >= 11 is 6.73. The van der Waals surface area contributed by atoms with E-state index in [1.54, 1.807) is 34.1 Å². The summed E-state index contributed by atoms with van der Waals surface area (Å²) in [6.07, 6.45) is 0.777. The standard InChI is InChI=1S/C29H29ClFN5O2/c1-4-19-10-6-9-13-24(19)36-28-21(16-22(30)26(32-28)20-11-7-8-12-23(20)31)27(33-29(36)38)35-15-14-34(17-18(35)3)25(37)5-2/h5-13,16,18,29,38H,2,4,14-15,17H2,1,3H3/t18-,29?/m0/s1. The fraction of sp³-hybridized carbons (Fsp3) is 0.276. The van der Waals surface area contributed by atoms with Crippen LogP contribution in [0.4, 0.5) is 15.9 Å². The second kappa shape index (κ2) is 10.6. The molecule has 0 aliphatic carbocycles. The van der Waals surface area contributed by atoms with E-state index in [4.69, 9.17) is 21.6 Å². The molecular weight excluding hydrogens is 505 g/mol. The Bertz CT molecular complexity index is 1430. The molecule has 0 spiro atoms. The Morgan fingerprint density at radius 1 is 1.18 bits per heavy atom. The Labute approximate surface area is 226 Å². The first-order chi connectivity index (χ1) is 18.3. The van der Waals surface area contributed by atoms with Crippen LogP contribution in [0.5, 0.6) is 0 Å². The van der Waals surface area contributed by atoms with E-state index in [0.29, 0.717) is 36.9 Å². The average molecular weight is 534 g/mol. The Balaban J connectivity index is 1.66. The number of benzene rings is 2. The number of hydrogen-bond acceptors (Lipinski definition) is 6. The van der Waals surface area contributed by atoms with Crippen molar-refractivity contribution in [3.05, 3.63) is 89.2 Å². The lowest BCUT2D eigenvalue weighted by Crippen LogP contribution is -2.56. The number of amidine groups is 1. The number of rotatable bonds is 4. The van der Waals surface area contributed by atoms with Crippen LogP contribution in [0.3, 0.4) is 0 Å². The van der Waals surface area contributed by atoms with Gasteiger partial charge in [-0.05, 0) is 49.2 Å². The molecule has 1 N–H and O–H groups in total. The zero-order valence-corrected chi connectivity index (χ0v) is 22.1. The van der Waals surface area contributed by atoms with Crippen LogP contribution in [0.25, 0.3) is 11.3 Å². The number of aliphatic imine (C=N–C) groups is 1. The number of carbonyl (C=O) groups is 1. The van der Waals surface area contributed by atoms with Crippen molar-refractivity contribution in [2.75, 3.05) is 24.5 Å². The Morgan fingerprint density at radius 3 is 2.63 bits per heavy atom. The van der Waals surface area contributed by atoms with E-state index in [1.807, 2.05) is 38.1 Å². The molecule has 2 aliphatic rings. The van der Waals surface area contributed by atoms with Crippen molar-refractivity contribution in [2.45, 2.75) is 32.7 Å². The van der Waals surface area contributed by atoms with E-state index in [-0.39, 0.29) is 28.2 Å². The van der Waals surface area contributed by atoms with Crippen LogP contribution in [-0.4, -0.2) is 63.7 Å². The first-order valence-electron chi connectivity index (χ1n) is 12.6. The number of anilines is 2. The van der Waals surface area contributed by atoms with Gasteiger partial charge < -0.3 is 14.9 Å². The Kier molecular flexibility index (Phi) is 7.19. The van der Waals surface area contributed by atoms with Gasteiger partial charge in [0.05, 0.1) is 22.0 Å². The summed E-state index contributed by atoms with van der Waals surface area (Å²) in [6, 6.07) is 15.7. The number of aliphatic hydroxyl groups excluding tert-OH is 1. The number of nitrogens with zero attached hydrogens (tertiary/aromatic N) is 5. The number of aryl methyl sites for hydroxylation is 1. The number of piperazine rings is 1. The number of aromatic nitrogens is 1. The van der Waals surface area contributed by atoms with Crippen molar-refractivity contribution >= 4 is 34.8 Å². The van der Waals surface area contributed by atoms with E-state index >= 15 is 0 Å². The first-order valence-corrected chi connectivity index (χ1v) is 13.0. The fourth-order valence-electron chi connectivity index (χ4n) is 5.13. The smallest absolute Gasteiger partial charge is 0.246 e. The van der Waals surface area contributed by atoms with Gasteiger partial charge in [-0.1, -0.05) is 55.4 Å². The van der Waals surface area contributed by atoms with Crippen LogP contribution in [0.1, 0.15) is 25.0 Å². The van der Waals surface area contributed by atoms with Crippen LogP contribution >= 0.6 is 11.6 Å². The highest BCUT2D eigenvalue weighted by molar-refractivity contribution is 6.33. The first kappa shape index (κ1) is 25.9.